The third-order valence-corrected chi connectivity index (χ3v) is 4.97. The van der Waals surface area contributed by atoms with Crippen LogP contribution in [0.4, 0.5) is 5.95 Å². The standard InChI is InChI=1S/C21H22N6O/c1-14-25-18(10-19(26-14)17-11-23-21(22)24-12-17)16-8-5-9-27(13-16)20(28)15-6-3-2-4-7-15/h2-4,6-7,10-12,16H,5,8-9,13H2,1H3,(H2,22,23,24). The molecule has 7 nitrogen and oxygen atoms in total. The number of amides is 1. The van der Waals surface area contributed by atoms with Crippen LogP contribution in [-0.2, 0) is 0 Å². The second-order valence-corrected chi connectivity index (χ2v) is 7.01. The van der Waals surface area contributed by atoms with E-state index in [1.54, 1.807) is 12.4 Å². The van der Waals surface area contributed by atoms with E-state index in [1.165, 1.54) is 0 Å². The van der Waals surface area contributed by atoms with Crippen molar-refractivity contribution >= 4 is 11.9 Å². The highest BCUT2D eigenvalue weighted by Crippen LogP contribution is 2.29. The van der Waals surface area contributed by atoms with Crippen LogP contribution in [-0.4, -0.2) is 43.8 Å². The molecule has 2 N–H and O–H groups in total. The van der Waals surface area contributed by atoms with Crippen LogP contribution in [0, 0.1) is 6.92 Å². The molecule has 1 amide bonds. The van der Waals surface area contributed by atoms with E-state index < -0.39 is 0 Å². The number of anilines is 1. The van der Waals surface area contributed by atoms with Gasteiger partial charge in [0.1, 0.15) is 5.82 Å². The molecule has 1 unspecified atom stereocenters. The number of carbonyl (C=O) groups excluding carboxylic acids is 1. The molecule has 1 aliphatic heterocycles. The number of piperidine rings is 1. The quantitative estimate of drug-likeness (QED) is 0.757. The average molecular weight is 374 g/mol. The maximum Gasteiger partial charge on any atom is 0.253 e. The number of nitrogen functional groups attached to an aromatic ring is 1. The summed E-state index contributed by atoms with van der Waals surface area (Å²) in [5.41, 5.74) is 8.83. The van der Waals surface area contributed by atoms with Gasteiger partial charge in [-0.05, 0) is 38.0 Å². The summed E-state index contributed by atoms with van der Waals surface area (Å²) in [5, 5.41) is 0. The van der Waals surface area contributed by atoms with Gasteiger partial charge in [-0.1, -0.05) is 18.2 Å². The van der Waals surface area contributed by atoms with Gasteiger partial charge in [0.05, 0.1) is 5.69 Å². The first-order chi connectivity index (χ1) is 13.6. The summed E-state index contributed by atoms with van der Waals surface area (Å²) in [5.74, 6) is 1.17. The van der Waals surface area contributed by atoms with E-state index in [0.717, 1.165) is 41.9 Å². The smallest absolute Gasteiger partial charge is 0.253 e. The highest BCUT2D eigenvalue weighted by molar-refractivity contribution is 5.94. The Labute approximate surface area is 163 Å². The van der Waals surface area contributed by atoms with Crippen molar-refractivity contribution in [2.75, 3.05) is 18.8 Å². The highest BCUT2D eigenvalue weighted by atomic mass is 16.2. The summed E-state index contributed by atoms with van der Waals surface area (Å²) < 4.78 is 0. The lowest BCUT2D eigenvalue weighted by molar-refractivity contribution is 0.0706. The van der Waals surface area contributed by atoms with Gasteiger partial charge in [-0.3, -0.25) is 4.79 Å². The van der Waals surface area contributed by atoms with Crippen molar-refractivity contribution < 1.29 is 4.79 Å². The third kappa shape index (κ3) is 3.83. The van der Waals surface area contributed by atoms with Gasteiger partial charge in [0, 0.05) is 48.2 Å². The SMILES string of the molecule is Cc1nc(-c2cnc(N)nc2)cc(C2CCCN(C(=O)c3ccccc3)C2)n1. The molecule has 3 aromatic rings. The fourth-order valence-electron chi connectivity index (χ4n) is 3.58. The molecule has 2 aromatic heterocycles. The molecule has 28 heavy (non-hydrogen) atoms. The summed E-state index contributed by atoms with van der Waals surface area (Å²) >= 11 is 0. The highest BCUT2D eigenvalue weighted by Gasteiger charge is 2.27. The summed E-state index contributed by atoms with van der Waals surface area (Å²) in [7, 11) is 0. The van der Waals surface area contributed by atoms with E-state index in [0.29, 0.717) is 12.4 Å². The van der Waals surface area contributed by atoms with Gasteiger partial charge >= 0.3 is 0 Å². The van der Waals surface area contributed by atoms with Crippen LogP contribution >= 0.6 is 0 Å². The molecule has 7 heteroatoms. The molecule has 1 saturated heterocycles. The van der Waals surface area contributed by atoms with E-state index in [1.807, 2.05) is 48.2 Å². The van der Waals surface area contributed by atoms with Crippen molar-refractivity contribution in [2.24, 2.45) is 0 Å². The normalized spacial score (nSPS) is 16.8. The largest absolute Gasteiger partial charge is 0.368 e. The molecule has 1 atom stereocenters. The van der Waals surface area contributed by atoms with Gasteiger partial charge < -0.3 is 10.6 Å². The van der Waals surface area contributed by atoms with Crippen LogP contribution in [0.5, 0.6) is 0 Å². The fraction of sp³-hybridized carbons (Fsp3) is 0.286. The zero-order valence-electron chi connectivity index (χ0n) is 15.7. The van der Waals surface area contributed by atoms with Gasteiger partial charge in [0.25, 0.3) is 5.91 Å². The third-order valence-electron chi connectivity index (χ3n) is 4.97. The molecule has 1 aromatic carbocycles. The maximum absolute atomic E-state index is 12.8. The zero-order valence-corrected chi connectivity index (χ0v) is 15.7. The number of likely N-dealkylation sites (tertiary alicyclic amines) is 1. The van der Waals surface area contributed by atoms with E-state index in [4.69, 9.17) is 5.73 Å². The predicted octanol–water partition coefficient (Wildman–Crippen LogP) is 2.84. The molecule has 0 spiro atoms. The lowest BCUT2D eigenvalue weighted by Crippen LogP contribution is -2.39. The summed E-state index contributed by atoms with van der Waals surface area (Å²) in [4.78, 5) is 32.0. The van der Waals surface area contributed by atoms with Crippen LogP contribution in [0.2, 0.25) is 0 Å². The topological polar surface area (TPSA) is 97.9 Å². The van der Waals surface area contributed by atoms with Crippen molar-refractivity contribution in [3.05, 3.63) is 65.9 Å². The van der Waals surface area contributed by atoms with Crippen molar-refractivity contribution in [1.82, 2.24) is 24.8 Å². The molecule has 1 aliphatic rings. The maximum atomic E-state index is 12.8. The molecule has 4 rings (SSSR count). The summed E-state index contributed by atoms with van der Waals surface area (Å²) in [6, 6.07) is 11.4. The minimum Gasteiger partial charge on any atom is -0.368 e. The van der Waals surface area contributed by atoms with Crippen molar-refractivity contribution in [3.8, 4) is 11.3 Å². The number of hydrogen-bond acceptors (Lipinski definition) is 6. The number of carbonyl (C=O) groups is 1. The second kappa shape index (κ2) is 7.72. The molecule has 0 bridgehead atoms. The second-order valence-electron chi connectivity index (χ2n) is 7.01. The van der Waals surface area contributed by atoms with Gasteiger partial charge in [-0.25, -0.2) is 19.9 Å². The Morgan fingerprint density at radius 3 is 2.64 bits per heavy atom. The molecule has 142 valence electrons. The molecular weight excluding hydrogens is 352 g/mol. The minimum atomic E-state index is 0.0724. The lowest BCUT2D eigenvalue weighted by atomic mass is 9.93. The molecule has 1 fully saturated rings. The van der Waals surface area contributed by atoms with Crippen molar-refractivity contribution in [1.29, 1.82) is 0 Å². The van der Waals surface area contributed by atoms with Gasteiger partial charge in [-0.15, -0.1) is 0 Å². The predicted molar refractivity (Wildman–Crippen MR) is 107 cm³/mol. The average Bonchev–Trinajstić information content (AvgIpc) is 2.74. The number of aromatic nitrogens is 4. The number of nitrogens with zero attached hydrogens (tertiary/aromatic N) is 5. The van der Waals surface area contributed by atoms with Crippen LogP contribution in [0.3, 0.4) is 0 Å². The van der Waals surface area contributed by atoms with E-state index in [9.17, 15) is 4.79 Å². The zero-order chi connectivity index (χ0) is 19.5. The van der Waals surface area contributed by atoms with Crippen LogP contribution in [0.1, 0.15) is 40.6 Å². The number of benzene rings is 1. The summed E-state index contributed by atoms with van der Waals surface area (Å²) in [6.07, 6.45) is 5.28. The number of aryl methyl sites for hydroxylation is 1. The first-order valence-electron chi connectivity index (χ1n) is 9.38. The van der Waals surface area contributed by atoms with Crippen LogP contribution in [0.25, 0.3) is 11.3 Å². The van der Waals surface area contributed by atoms with E-state index in [2.05, 4.69) is 19.9 Å². The fourth-order valence-corrected chi connectivity index (χ4v) is 3.58. The summed E-state index contributed by atoms with van der Waals surface area (Å²) in [6.45, 7) is 3.30. The van der Waals surface area contributed by atoms with E-state index in [-0.39, 0.29) is 17.8 Å². The van der Waals surface area contributed by atoms with Crippen molar-refractivity contribution in [3.63, 3.8) is 0 Å². The molecule has 0 radical (unpaired) electrons. The Morgan fingerprint density at radius 2 is 1.89 bits per heavy atom. The van der Waals surface area contributed by atoms with E-state index >= 15 is 0 Å². The Balaban J connectivity index is 1.58. The first-order valence-corrected chi connectivity index (χ1v) is 9.38. The van der Waals surface area contributed by atoms with Gasteiger partial charge in [-0.2, -0.15) is 0 Å². The Kier molecular flexibility index (Phi) is 4.97. The first kappa shape index (κ1) is 18.0. The number of rotatable bonds is 3. The minimum absolute atomic E-state index is 0.0724. The van der Waals surface area contributed by atoms with Gasteiger partial charge in [0.2, 0.25) is 5.95 Å². The lowest BCUT2D eigenvalue weighted by Gasteiger charge is -2.32. The monoisotopic (exact) mass is 374 g/mol. The molecule has 3 heterocycles. The number of nitrogens with two attached hydrogens (primary N) is 1. The molecular formula is C21H22N6O. The Morgan fingerprint density at radius 1 is 1.14 bits per heavy atom. The Bertz CT molecular complexity index is 974. The van der Waals surface area contributed by atoms with Crippen LogP contribution < -0.4 is 5.73 Å². The molecule has 0 aliphatic carbocycles. The Hall–Kier alpha value is -3.35. The van der Waals surface area contributed by atoms with Gasteiger partial charge in [0.15, 0.2) is 0 Å². The molecule has 0 saturated carbocycles. The number of hydrogen-bond donors (Lipinski definition) is 1. The van der Waals surface area contributed by atoms with Crippen LogP contribution in [0.15, 0.2) is 48.8 Å². The van der Waals surface area contributed by atoms with Crippen molar-refractivity contribution in [2.45, 2.75) is 25.7 Å².